The van der Waals surface area contributed by atoms with Crippen molar-refractivity contribution in [1.82, 2.24) is 5.32 Å². The first-order valence-electron chi connectivity index (χ1n) is 8.28. The highest BCUT2D eigenvalue weighted by atomic mass is 32.1. The van der Waals surface area contributed by atoms with Crippen LogP contribution in [-0.2, 0) is 9.53 Å². The molecular weight excluding hydrogens is 348 g/mol. The van der Waals surface area contributed by atoms with E-state index in [2.05, 4.69) is 22.9 Å². The van der Waals surface area contributed by atoms with Gasteiger partial charge in [-0.25, -0.2) is 9.79 Å². The summed E-state index contributed by atoms with van der Waals surface area (Å²) in [6.07, 6.45) is 0. The maximum absolute atomic E-state index is 12.8. The number of nitrogens with zero attached hydrogens (tertiary/aromatic N) is 1. The predicted octanol–water partition coefficient (Wildman–Crippen LogP) is 3.28. The van der Waals surface area contributed by atoms with Gasteiger partial charge in [0.2, 0.25) is 0 Å². The number of carbonyl (C=O) groups is 1. The van der Waals surface area contributed by atoms with Crippen LogP contribution in [0.25, 0.3) is 5.70 Å². The quantitative estimate of drug-likeness (QED) is 0.628. The highest BCUT2D eigenvalue weighted by Crippen LogP contribution is 2.32. The Balaban J connectivity index is 2.24. The molecule has 0 spiro atoms. The SMILES string of the molecule is CCOC(=O)C1=C(c2ccccc2OC)NC(S)N=C1c1ccccc1. The first kappa shape index (κ1) is 18.1. The lowest BCUT2D eigenvalue weighted by molar-refractivity contribution is -0.137. The Kier molecular flexibility index (Phi) is 5.63. The zero-order valence-electron chi connectivity index (χ0n) is 14.6. The molecular formula is C20H20N2O3S. The number of esters is 1. The number of benzene rings is 2. The van der Waals surface area contributed by atoms with E-state index < -0.39 is 11.5 Å². The molecule has 1 aliphatic rings. The lowest BCUT2D eigenvalue weighted by atomic mass is 9.95. The van der Waals surface area contributed by atoms with Crippen molar-refractivity contribution in [1.29, 1.82) is 0 Å². The molecule has 2 aromatic rings. The van der Waals surface area contributed by atoms with Crippen LogP contribution in [-0.4, -0.2) is 30.9 Å². The molecule has 0 saturated carbocycles. The summed E-state index contributed by atoms with van der Waals surface area (Å²) >= 11 is 4.48. The summed E-state index contributed by atoms with van der Waals surface area (Å²) in [6, 6.07) is 17.0. The van der Waals surface area contributed by atoms with E-state index in [1.807, 2.05) is 54.6 Å². The smallest absolute Gasteiger partial charge is 0.342 e. The van der Waals surface area contributed by atoms with E-state index in [1.165, 1.54) is 0 Å². The third kappa shape index (κ3) is 3.60. The minimum Gasteiger partial charge on any atom is -0.496 e. The Bertz CT molecular complexity index is 862. The molecule has 0 bridgehead atoms. The van der Waals surface area contributed by atoms with Crippen LogP contribution >= 0.6 is 12.6 Å². The van der Waals surface area contributed by atoms with Crippen LogP contribution in [0.15, 0.2) is 65.2 Å². The van der Waals surface area contributed by atoms with Crippen molar-refractivity contribution in [2.24, 2.45) is 4.99 Å². The Morgan fingerprint density at radius 1 is 1.15 bits per heavy atom. The van der Waals surface area contributed by atoms with Gasteiger partial charge in [0.1, 0.15) is 11.3 Å². The fourth-order valence-corrected chi connectivity index (χ4v) is 3.06. The molecule has 134 valence electrons. The summed E-state index contributed by atoms with van der Waals surface area (Å²) in [7, 11) is 1.59. The molecule has 26 heavy (non-hydrogen) atoms. The number of hydrogen-bond donors (Lipinski definition) is 2. The lowest BCUT2D eigenvalue weighted by Crippen LogP contribution is -2.34. The third-order valence-corrected chi connectivity index (χ3v) is 4.16. The van der Waals surface area contributed by atoms with Crippen LogP contribution in [0.5, 0.6) is 5.75 Å². The summed E-state index contributed by atoms with van der Waals surface area (Å²) < 4.78 is 10.8. The number of ether oxygens (including phenoxy) is 2. The number of thiol groups is 1. The normalized spacial score (nSPS) is 16.6. The molecule has 0 fully saturated rings. The molecule has 0 amide bonds. The second-order valence-corrected chi connectivity index (χ2v) is 6.02. The first-order valence-corrected chi connectivity index (χ1v) is 8.80. The number of para-hydroxylation sites is 1. The number of rotatable bonds is 5. The fourth-order valence-electron chi connectivity index (χ4n) is 2.82. The summed E-state index contributed by atoms with van der Waals surface area (Å²) in [5.74, 6) is 0.204. The topological polar surface area (TPSA) is 59.9 Å². The highest BCUT2D eigenvalue weighted by Gasteiger charge is 2.30. The van der Waals surface area contributed by atoms with Gasteiger partial charge in [-0.1, -0.05) is 42.5 Å². The summed E-state index contributed by atoms with van der Waals surface area (Å²) in [4.78, 5) is 17.3. The molecule has 2 aromatic carbocycles. The van der Waals surface area contributed by atoms with Crippen molar-refractivity contribution in [2.45, 2.75) is 12.4 Å². The van der Waals surface area contributed by atoms with Crippen molar-refractivity contribution in [3.63, 3.8) is 0 Å². The molecule has 0 saturated heterocycles. The molecule has 1 atom stereocenters. The molecule has 1 N–H and O–H groups in total. The lowest BCUT2D eigenvalue weighted by Gasteiger charge is -2.26. The van der Waals surface area contributed by atoms with E-state index in [1.54, 1.807) is 14.0 Å². The van der Waals surface area contributed by atoms with E-state index in [-0.39, 0.29) is 6.61 Å². The van der Waals surface area contributed by atoms with Gasteiger partial charge >= 0.3 is 5.97 Å². The zero-order valence-corrected chi connectivity index (χ0v) is 15.5. The summed E-state index contributed by atoms with van der Waals surface area (Å²) in [5, 5.41) is 3.17. The standard InChI is InChI=1S/C20H20N2O3S/c1-3-25-19(23)16-17(13-9-5-4-6-10-13)21-20(26)22-18(16)14-11-7-8-12-15(14)24-2/h4-12,20,22,26H,3H2,1-2H3. The van der Waals surface area contributed by atoms with Gasteiger partial charge in [-0.05, 0) is 19.1 Å². The third-order valence-electron chi connectivity index (χ3n) is 3.91. The zero-order chi connectivity index (χ0) is 18.5. The van der Waals surface area contributed by atoms with E-state index in [0.717, 1.165) is 11.1 Å². The van der Waals surface area contributed by atoms with Crippen LogP contribution in [0, 0.1) is 0 Å². The molecule has 1 aliphatic heterocycles. The van der Waals surface area contributed by atoms with Gasteiger partial charge in [-0.3, -0.25) is 0 Å². The molecule has 0 aromatic heterocycles. The van der Waals surface area contributed by atoms with Crippen LogP contribution in [0.3, 0.4) is 0 Å². The van der Waals surface area contributed by atoms with Crippen molar-refractivity contribution in [3.8, 4) is 5.75 Å². The number of aliphatic imine (C=N–C) groups is 1. The van der Waals surface area contributed by atoms with Gasteiger partial charge in [0.25, 0.3) is 0 Å². The van der Waals surface area contributed by atoms with Crippen LogP contribution in [0.1, 0.15) is 18.1 Å². The minimum atomic E-state index is -0.497. The van der Waals surface area contributed by atoms with Gasteiger partial charge < -0.3 is 14.8 Å². The van der Waals surface area contributed by atoms with Crippen LogP contribution in [0.4, 0.5) is 0 Å². The maximum atomic E-state index is 12.8. The molecule has 1 unspecified atom stereocenters. The van der Waals surface area contributed by atoms with Crippen molar-refractivity contribution in [3.05, 3.63) is 71.3 Å². The molecule has 6 heteroatoms. The molecule has 0 aliphatic carbocycles. The Morgan fingerprint density at radius 2 is 1.85 bits per heavy atom. The average Bonchev–Trinajstić information content (AvgIpc) is 2.68. The predicted molar refractivity (Wildman–Crippen MR) is 105 cm³/mol. The van der Waals surface area contributed by atoms with Crippen molar-refractivity contribution in [2.75, 3.05) is 13.7 Å². The molecule has 0 radical (unpaired) electrons. The largest absolute Gasteiger partial charge is 0.496 e. The second kappa shape index (κ2) is 8.10. The number of hydrogen-bond acceptors (Lipinski definition) is 6. The molecule has 3 rings (SSSR count). The van der Waals surface area contributed by atoms with Gasteiger partial charge in [0.15, 0.2) is 5.50 Å². The number of methoxy groups -OCH3 is 1. The average molecular weight is 368 g/mol. The van der Waals surface area contributed by atoms with Crippen LogP contribution < -0.4 is 10.1 Å². The Labute approximate surface area is 158 Å². The number of nitrogens with one attached hydrogen (secondary N) is 1. The van der Waals surface area contributed by atoms with E-state index >= 15 is 0 Å². The summed E-state index contributed by atoms with van der Waals surface area (Å²) in [6.45, 7) is 2.05. The van der Waals surface area contributed by atoms with E-state index in [0.29, 0.717) is 22.7 Å². The maximum Gasteiger partial charge on any atom is 0.342 e. The van der Waals surface area contributed by atoms with Crippen molar-refractivity contribution >= 4 is 30.0 Å². The Hall–Kier alpha value is -2.73. The highest BCUT2D eigenvalue weighted by molar-refractivity contribution is 7.80. The first-order chi connectivity index (χ1) is 12.7. The van der Waals surface area contributed by atoms with E-state index in [4.69, 9.17) is 9.47 Å². The van der Waals surface area contributed by atoms with Crippen LogP contribution in [0.2, 0.25) is 0 Å². The molecule has 5 nitrogen and oxygen atoms in total. The molecule has 1 heterocycles. The van der Waals surface area contributed by atoms with Gasteiger partial charge in [-0.15, -0.1) is 12.6 Å². The van der Waals surface area contributed by atoms with Crippen molar-refractivity contribution < 1.29 is 14.3 Å². The number of carbonyl (C=O) groups excluding carboxylic acids is 1. The fraction of sp³-hybridized carbons (Fsp3) is 0.200. The minimum absolute atomic E-state index is 0.272. The van der Waals surface area contributed by atoms with Gasteiger partial charge in [0.05, 0.1) is 25.1 Å². The second-order valence-electron chi connectivity index (χ2n) is 5.53. The summed E-state index contributed by atoms with van der Waals surface area (Å²) in [5.41, 5.74) is 2.58. The Morgan fingerprint density at radius 3 is 2.54 bits per heavy atom. The monoisotopic (exact) mass is 368 g/mol. The van der Waals surface area contributed by atoms with E-state index in [9.17, 15) is 4.79 Å². The van der Waals surface area contributed by atoms with Gasteiger partial charge in [0, 0.05) is 11.1 Å². The van der Waals surface area contributed by atoms with Gasteiger partial charge in [-0.2, -0.15) is 0 Å².